The number of hydrogen-bond donors (Lipinski definition) is 1. The molecule has 2 heterocycles. The Morgan fingerprint density at radius 3 is 2.65 bits per heavy atom. The summed E-state index contributed by atoms with van der Waals surface area (Å²) in [6.07, 6.45) is 3.43. The summed E-state index contributed by atoms with van der Waals surface area (Å²) < 4.78 is 2.10. The number of anilines is 2. The highest BCUT2D eigenvalue weighted by molar-refractivity contribution is 5.68. The van der Waals surface area contributed by atoms with E-state index in [0.29, 0.717) is 11.7 Å². The van der Waals surface area contributed by atoms with Crippen LogP contribution in [0.3, 0.4) is 0 Å². The number of hydrogen-bond acceptors (Lipinski definition) is 3. The first-order chi connectivity index (χ1) is 8.19. The zero-order valence-corrected chi connectivity index (χ0v) is 10.6. The van der Waals surface area contributed by atoms with E-state index in [0.717, 1.165) is 31.0 Å². The molecule has 1 aliphatic rings. The van der Waals surface area contributed by atoms with E-state index in [1.54, 1.807) is 6.07 Å². The lowest BCUT2D eigenvalue weighted by Crippen LogP contribution is -2.24. The summed E-state index contributed by atoms with van der Waals surface area (Å²) in [4.78, 5) is 2.31. The van der Waals surface area contributed by atoms with E-state index in [-0.39, 0.29) is 0 Å². The molecule has 1 aromatic rings. The summed E-state index contributed by atoms with van der Waals surface area (Å²) in [6, 6.07) is 4.37. The molecule has 2 rings (SSSR count). The van der Waals surface area contributed by atoms with Gasteiger partial charge in [0.05, 0.1) is 5.69 Å². The minimum atomic E-state index is 0.317. The number of nitrogens with two attached hydrogens (primary N) is 1. The molecule has 1 aromatic heterocycles. The molecule has 1 aliphatic heterocycles. The standard InChI is InChI=1S/C13H20N4/c1-3-10(2)17-11(9-14)8-12(15)13(17)16-6-4-5-7-16/h8,10H,3-7,15H2,1-2H3. The number of rotatable bonds is 3. The Morgan fingerprint density at radius 2 is 2.12 bits per heavy atom. The van der Waals surface area contributed by atoms with Crippen molar-refractivity contribution in [3.63, 3.8) is 0 Å². The van der Waals surface area contributed by atoms with E-state index in [9.17, 15) is 5.26 Å². The van der Waals surface area contributed by atoms with Crippen LogP contribution >= 0.6 is 0 Å². The number of nitrogens with zero attached hydrogens (tertiary/aromatic N) is 3. The van der Waals surface area contributed by atoms with Crippen LogP contribution < -0.4 is 10.6 Å². The molecule has 0 aliphatic carbocycles. The van der Waals surface area contributed by atoms with Gasteiger partial charge in [0.25, 0.3) is 0 Å². The molecule has 0 saturated carbocycles. The molecule has 1 fully saturated rings. The van der Waals surface area contributed by atoms with Crippen LogP contribution in [0.1, 0.15) is 44.8 Å². The van der Waals surface area contributed by atoms with Crippen LogP contribution in [0.5, 0.6) is 0 Å². The first-order valence-corrected chi connectivity index (χ1v) is 6.34. The van der Waals surface area contributed by atoms with Crippen molar-refractivity contribution in [1.82, 2.24) is 4.57 Å². The molecular weight excluding hydrogens is 212 g/mol. The maximum atomic E-state index is 9.20. The Bertz CT molecular complexity index is 435. The van der Waals surface area contributed by atoms with Crippen molar-refractivity contribution in [2.45, 2.75) is 39.2 Å². The summed E-state index contributed by atoms with van der Waals surface area (Å²) in [5.74, 6) is 1.05. The number of nitriles is 1. The van der Waals surface area contributed by atoms with Crippen molar-refractivity contribution in [3.05, 3.63) is 11.8 Å². The molecule has 1 atom stereocenters. The van der Waals surface area contributed by atoms with Crippen molar-refractivity contribution < 1.29 is 0 Å². The average molecular weight is 232 g/mol. The lowest BCUT2D eigenvalue weighted by Gasteiger charge is -2.24. The second-order valence-corrected chi connectivity index (χ2v) is 4.74. The van der Waals surface area contributed by atoms with Gasteiger partial charge in [0.15, 0.2) is 0 Å². The number of aromatic nitrogens is 1. The third-order valence-electron chi connectivity index (χ3n) is 3.59. The van der Waals surface area contributed by atoms with Crippen LogP contribution in [0.4, 0.5) is 11.5 Å². The second kappa shape index (κ2) is 4.70. The van der Waals surface area contributed by atoms with Crippen molar-refractivity contribution >= 4 is 11.5 Å². The highest BCUT2D eigenvalue weighted by Crippen LogP contribution is 2.34. The van der Waals surface area contributed by atoms with Crippen LogP contribution in [0.15, 0.2) is 6.07 Å². The monoisotopic (exact) mass is 232 g/mol. The zero-order chi connectivity index (χ0) is 12.4. The predicted molar refractivity (Wildman–Crippen MR) is 70.0 cm³/mol. The Morgan fingerprint density at radius 1 is 1.47 bits per heavy atom. The summed E-state index contributed by atoms with van der Waals surface area (Å²) in [5, 5.41) is 9.20. The minimum Gasteiger partial charge on any atom is -0.396 e. The highest BCUT2D eigenvalue weighted by atomic mass is 15.3. The Kier molecular flexibility index (Phi) is 3.28. The molecule has 0 aromatic carbocycles. The van der Waals surface area contributed by atoms with Crippen molar-refractivity contribution in [2.75, 3.05) is 23.7 Å². The molecule has 17 heavy (non-hydrogen) atoms. The van der Waals surface area contributed by atoms with Crippen molar-refractivity contribution in [3.8, 4) is 6.07 Å². The lowest BCUT2D eigenvalue weighted by atomic mass is 10.2. The third kappa shape index (κ3) is 1.97. The van der Waals surface area contributed by atoms with E-state index in [1.165, 1.54) is 12.8 Å². The average Bonchev–Trinajstić information content (AvgIpc) is 2.94. The molecule has 2 N–H and O–H groups in total. The third-order valence-corrected chi connectivity index (χ3v) is 3.59. The molecule has 0 radical (unpaired) electrons. The summed E-state index contributed by atoms with van der Waals surface area (Å²) in [6.45, 7) is 6.38. The molecule has 92 valence electrons. The fraction of sp³-hybridized carbons (Fsp3) is 0.615. The van der Waals surface area contributed by atoms with Crippen LogP contribution in [0.2, 0.25) is 0 Å². The molecule has 1 saturated heterocycles. The van der Waals surface area contributed by atoms with Crippen LogP contribution in [0.25, 0.3) is 0 Å². The lowest BCUT2D eigenvalue weighted by molar-refractivity contribution is 0.526. The fourth-order valence-corrected chi connectivity index (χ4v) is 2.51. The molecule has 0 spiro atoms. The SMILES string of the molecule is CCC(C)n1c(C#N)cc(N)c1N1CCCC1. The van der Waals surface area contributed by atoms with Crippen molar-refractivity contribution in [1.29, 1.82) is 5.26 Å². The first kappa shape index (κ1) is 11.8. The van der Waals surface area contributed by atoms with Gasteiger partial charge in [-0.1, -0.05) is 6.92 Å². The van der Waals surface area contributed by atoms with Crippen LogP contribution in [-0.2, 0) is 0 Å². The van der Waals surface area contributed by atoms with Gasteiger partial charge in [0.1, 0.15) is 17.6 Å². The van der Waals surface area contributed by atoms with E-state index >= 15 is 0 Å². The van der Waals surface area contributed by atoms with E-state index < -0.39 is 0 Å². The van der Waals surface area contributed by atoms with Gasteiger partial charge >= 0.3 is 0 Å². The Labute approximate surface area is 103 Å². The van der Waals surface area contributed by atoms with Gasteiger partial charge in [0.2, 0.25) is 0 Å². The summed E-state index contributed by atoms with van der Waals surface area (Å²) >= 11 is 0. The van der Waals surface area contributed by atoms with Gasteiger partial charge < -0.3 is 15.2 Å². The molecule has 4 heteroatoms. The maximum absolute atomic E-state index is 9.20. The van der Waals surface area contributed by atoms with Crippen LogP contribution in [0, 0.1) is 11.3 Å². The van der Waals surface area contributed by atoms with Gasteiger partial charge in [-0.05, 0) is 32.3 Å². The summed E-state index contributed by atoms with van der Waals surface area (Å²) in [7, 11) is 0. The van der Waals surface area contributed by atoms with Gasteiger partial charge in [-0.2, -0.15) is 5.26 Å². The van der Waals surface area contributed by atoms with Crippen LogP contribution in [-0.4, -0.2) is 17.7 Å². The smallest absolute Gasteiger partial charge is 0.133 e. The molecule has 0 bridgehead atoms. The predicted octanol–water partition coefficient (Wildman–Crippen LogP) is 2.51. The Balaban J connectivity index is 2.48. The van der Waals surface area contributed by atoms with E-state index in [1.807, 2.05) is 0 Å². The van der Waals surface area contributed by atoms with E-state index in [2.05, 4.69) is 29.4 Å². The second-order valence-electron chi connectivity index (χ2n) is 4.74. The largest absolute Gasteiger partial charge is 0.396 e. The number of nitrogen functional groups attached to an aromatic ring is 1. The fourth-order valence-electron chi connectivity index (χ4n) is 2.51. The molecule has 0 amide bonds. The molecular formula is C13H20N4. The topological polar surface area (TPSA) is 58.0 Å². The van der Waals surface area contributed by atoms with Gasteiger partial charge in [-0.15, -0.1) is 0 Å². The van der Waals surface area contributed by atoms with Crippen molar-refractivity contribution in [2.24, 2.45) is 0 Å². The highest BCUT2D eigenvalue weighted by Gasteiger charge is 2.23. The minimum absolute atomic E-state index is 0.317. The molecule has 1 unspecified atom stereocenters. The first-order valence-electron chi connectivity index (χ1n) is 6.34. The molecule has 4 nitrogen and oxygen atoms in total. The quantitative estimate of drug-likeness (QED) is 0.871. The van der Waals surface area contributed by atoms with Gasteiger partial charge in [0, 0.05) is 19.1 Å². The maximum Gasteiger partial charge on any atom is 0.133 e. The Hall–Kier alpha value is -1.63. The van der Waals surface area contributed by atoms with E-state index in [4.69, 9.17) is 5.73 Å². The summed E-state index contributed by atoms with van der Waals surface area (Å²) in [5.41, 5.74) is 7.50. The normalized spacial score (nSPS) is 17.1. The van der Waals surface area contributed by atoms with Gasteiger partial charge in [-0.25, -0.2) is 0 Å². The van der Waals surface area contributed by atoms with Gasteiger partial charge in [-0.3, -0.25) is 0 Å². The zero-order valence-electron chi connectivity index (χ0n) is 10.6.